The van der Waals surface area contributed by atoms with Crippen LogP contribution < -0.4 is 0 Å². The number of Topliss-reactive ketones (excluding diaryl/α,β-unsaturated/α-hetero) is 1. The molecule has 2 aliphatic rings. The standard InChI is InChI=1S/C14H24O3/c1-4-13(2,3)12(15)11-5-7-17-14(9-11)6-8-16-10-14/h11H,4-10H2,1-3H3. The maximum atomic E-state index is 12.5. The largest absolute Gasteiger partial charge is 0.378 e. The lowest BCUT2D eigenvalue weighted by Gasteiger charge is -2.39. The van der Waals surface area contributed by atoms with Gasteiger partial charge in [-0.15, -0.1) is 0 Å². The third kappa shape index (κ3) is 2.55. The Morgan fingerprint density at radius 1 is 1.41 bits per heavy atom. The number of carbonyl (C=O) groups excluding carboxylic acids is 1. The van der Waals surface area contributed by atoms with Gasteiger partial charge in [-0.05, 0) is 19.3 Å². The van der Waals surface area contributed by atoms with Crippen molar-refractivity contribution in [3.63, 3.8) is 0 Å². The molecule has 0 saturated carbocycles. The Labute approximate surface area is 104 Å². The van der Waals surface area contributed by atoms with Crippen molar-refractivity contribution in [2.75, 3.05) is 19.8 Å². The van der Waals surface area contributed by atoms with E-state index in [2.05, 4.69) is 20.8 Å². The van der Waals surface area contributed by atoms with Gasteiger partial charge in [0.25, 0.3) is 0 Å². The molecule has 0 N–H and O–H groups in total. The first-order chi connectivity index (χ1) is 7.99. The number of rotatable bonds is 3. The SMILES string of the molecule is CCC(C)(C)C(=O)C1CCOC2(CCOC2)C1. The van der Waals surface area contributed by atoms with Gasteiger partial charge in [0.2, 0.25) is 0 Å². The fourth-order valence-corrected chi connectivity index (χ4v) is 2.84. The van der Waals surface area contributed by atoms with Crippen LogP contribution in [0, 0.1) is 11.3 Å². The van der Waals surface area contributed by atoms with E-state index in [-0.39, 0.29) is 16.9 Å². The van der Waals surface area contributed by atoms with Gasteiger partial charge >= 0.3 is 0 Å². The molecule has 2 aliphatic heterocycles. The minimum atomic E-state index is -0.192. The van der Waals surface area contributed by atoms with Crippen LogP contribution in [0.25, 0.3) is 0 Å². The predicted octanol–water partition coefficient (Wildman–Crippen LogP) is 2.58. The molecule has 0 aliphatic carbocycles. The minimum absolute atomic E-state index is 0.150. The maximum Gasteiger partial charge on any atom is 0.141 e. The van der Waals surface area contributed by atoms with Crippen molar-refractivity contribution in [2.45, 2.75) is 52.1 Å². The van der Waals surface area contributed by atoms with E-state index in [9.17, 15) is 4.79 Å². The van der Waals surface area contributed by atoms with Gasteiger partial charge in [-0.3, -0.25) is 4.79 Å². The second-order valence-corrected chi connectivity index (χ2v) is 6.13. The molecule has 0 aromatic heterocycles. The summed E-state index contributed by atoms with van der Waals surface area (Å²) in [5.41, 5.74) is -0.342. The highest BCUT2D eigenvalue weighted by Gasteiger charge is 2.45. The second kappa shape index (κ2) is 4.69. The summed E-state index contributed by atoms with van der Waals surface area (Å²) in [5, 5.41) is 0. The average Bonchev–Trinajstić information content (AvgIpc) is 2.76. The van der Waals surface area contributed by atoms with Crippen LogP contribution in [-0.2, 0) is 14.3 Å². The van der Waals surface area contributed by atoms with E-state index in [1.807, 2.05) is 0 Å². The van der Waals surface area contributed by atoms with Crippen molar-refractivity contribution in [1.29, 1.82) is 0 Å². The predicted molar refractivity (Wildman–Crippen MR) is 65.9 cm³/mol. The zero-order valence-electron chi connectivity index (χ0n) is 11.3. The summed E-state index contributed by atoms with van der Waals surface area (Å²) in [6, 6.07) is 0. The van der Waals surface area contributed by atoms with E-state index < -0.39 is 0 Å². The molecule has 0 bridgehead atoms. The lowest BCUT2D eigenvalue weighted by Crippen LogP contribution is -2.45. The van der Waals surface area contributed by atoms with Crippen molar-refractivity contribution < 1.29 is 14.3 Å². The van der Waals surface area contributed by atoms with Gasteiger partial charge < -0.3 is 9.47 Å². The Hall–Kier alpha value is -0.410. The Morgan fingerprint density at radius 2 is 2.18 bits per heavy atom. The van der Waals surface area contributed by atoms with E-state index in [0.29, 0.717) is 19.0 Å². The number of ether oxygens (including phenoxy) is 2. The highest BCUT2D eigenvalue weighted by molar-refractivity contribution is 5.86. The van der Waals surface area contributed by atoms with Crippen LogP contribution in [0.2, 0.25) is 0 Å². The third-order valence-corrected chi connectivity index (χ3v) is 4.48. The van der Waals surface area contributed by atoms with Crippen LogP contribution in [0.1, 0.15) is 46.5 Å². The fourth-order valence-electron chi connectivity index (χ4n) is 2.84. The summed E-state index contributed by atoms with van der Waals surface area (Å²) in [6.45, 7) is 8.36. The van der Waals surface area contributed by atoms with Crippen LogP contribution in [0.4, 0.5) is 0 Å². The third-order valence-electron chi connectivity index (χ3n) is 4.48. The van der Waals surface area contributed by atoms with Crippen molar-refractivity contribution in [2.24, 2.45) is 11.3 Å². The molecule has 2 unspecified atom stereocenters. The Bertz CT molecular complexity index is 290. The van der Waals surface area contributed by atoms with E-state index >= 15 is 0 Å². The molecular weight excluding hydrogens is 216 g/mol. The molecule has 0 amide bonds. The van der Waals surface area contributed by atoms with Gasteiger partial charge in [0.1, 0.15) is 5.78 Å². The van der Waals surface area contributed by atoms with Gasteiger partial charge in [-0.2, -0.15) is 0 Å². The lowest BCUT2D eigenvalue weighted by molar-refractivity contribution is -0.144. The lowest BCUT2D eigenvalue weighted by atomic mass is 9.73. The molecule has 3 nitrogen and oxygen atoms in total. The molecule has 0 aromatic rings. The first kappa shape index (κ1) is 13.0. The molecule has 2 atom stereocenters. The van der Waals surface area contributed by atoms with E-state index in [1.165, 1.54) is 0 Å². The smallest absolute Gasteiger partial charge is 0.141 e. The Balaban J connectivity index is 2.04. The van der Waals surface area contributed by atoms with Crippen LogP contribution in [0.3, 0.4) is 0 Å². The average molecular weight is 240 g/mol. The number of hydrogen-bond acceptors (Lipinski definition) is 3. The highest BCUT2D eigenvalue weighted by atomic mass is 16.6. The van der Waals surface area contributed by atoms with Gasteiger partial charge in [-0.25, -0.2) is 0 Å². The van der Waals surface area contributed by atoms with Crippen molar-refractivity contribution in [1.82, 2.24) is 0 Å². The van der Waals surface area contributed by atoms with Gasteiger partial charge in [-0.1, -0.05) is 20.8 Å². The minimum Gasteiger partial charge on any atom is -0.378 e. The second-order valence-electron chi connectivity index (χ2n) is 6.13. The highest BCUT2D eigenvalue weighted by Crippen LogP contribution is 2.39. The zero-order valence-corrected chi connectivity index (χ0v) is 11.3. The molecule has 2 heterocycles. The first-order valence-corrected chi connectivity index (χ1v) is 6.75. The van der Waals surface area contributed by atoms with Crippen LogP contribution in [0.5, 0.6) is 0 Å². The van der Waals surface area contributed by atoms with Crippen molar-refractivity contribution in [3.8, 4) is 0 Å². The summed E-state index contributed by atoms with van der Waals surface area (Å²) in [5.74, 6) is 0.579. The number of ketones is 1. The molecule has 98 valence electrons. The summed E-state index contributed by atoms with van der Waals surface area (Å²) in [7, 11) is 0. The topological polar surface area (TPSA) is 35.5 Å². The fraction of sp³-hybridized carbons (Fsp3) is 0.929. The van der Waals surface area contributed by atoms with E-state index in [1.54, 1.807) is 0 Å². The van der Waals surface area contributed by atoms with Crippen molar-refractivity contribution >= 4 is 5.78 Å². The number of hydrogen-bond donors (Lipinski definition) is 0. The Kier molecular flexibility index (Phi) is 3.60. The molecule has 0 radical (unpaired) electrons. The van der Waals surface area contributed by atoms with Gasteiger partial charge in [0.15, 0.2) is 0 Å². The first-order valence-electron chi connectivity index (χ1n) is 6.75. The molecule has 2 rings (SSSR count). The quantitative estimate of drug-likeness (QED) is 0.760. The molecule has 0 aromatic carbocycles. The summed E-state index contributed by atoms with van der Waals surface area (Å²) >= 11 is 0. The molecule has 17 heavy (non-hydrogen) atoms. The summed E-state index contributed by atoms with van der Waals surface area (Å²) < 4.78 is 11.3. The molecular formula is C14H24O3. The van der Waals surface area contributed by atoms with Crippen LogP contribution in [0.15, 0.2) is 0 Å². The number of carbonyl (C=O) groups is 1. The Morgan fingerprint density at radius 3 is 2.76 bits per heavy atom. The van der Waals surface area contributed by atoms with Crippen molar-refractivity contribution in [3.05, 3.63) is 0 Å². The van der Waals surface area contributed by atoms with Crippen LogP contribution >= 0.6 is 0 Å². The normalized spacial score (nSPS) is 34.2. The van der Waals surface area contributed by atoms with E-state index in [0.717, 1.165) is 32.3 Å². The molecule has 2 saturated heterocycles. The summed E-state index contributed by atoms with van der Waals surface area (Å²) in [4.78, 5) is 12.5. The van der Waals surface area contributed by atoms with E-state index in [4.69, 9.17) is 9.47 Å². The zero-order chi connectivity index (χ0) is 12.5. The van der Waals surface area contributed by atoms with Gasteiger partial charge in [0.05, 0.1) is 12.2 Å². The monoisotopic (exact) mass is 240 g/mol. The molecule has 2 fully saturated rings. The van der Waals surface area contributed by atoms with Gasteiger partial charge in [0, 0.05) is 31.0 Å². The summed E-state index contributed by atoms with van der Waals surface area (Å²) in [6.07, 6.45) is 3.59. The maximum absolute atomic E-state index is 12.5. The van der Waals surface area contributed by atoms with Crippen LogP contribution in [-0.4, -0.2) is 31.2 Å². The molecule has 1 spiro atoms. The molecule has 3 heteroatoms.